The number of ether oxygens (including phenoxy) is 1. The number of nitrogens with two attached hydrogens (primary N) is 1. The lowest BCUT2D eigenvalue weighted by Crippen LogP contribution is -2.26. The standard InChI is InChI=1S/C25H24F3N3O2/c26-25(27,28)22-13-18(6-7-20(22)24(32)31-14-16-4-2-1-3-5-16)21-12-19(15-30-23(21)29)17-8-10-33-11-9-17/h1-7,12-13,15,17H,8-11,14H2,(H2,29,30)(H,31,32). The van der Waals surface area contributed by atoms with Crippen LogP contribution in [0.4, 0.5) is 19.0 Å². The smallest absolute Gasteiger partial charge is 0.383 e. The zero-order valence-electron chi connectivity index (χ0n) is 17.9. The lowest BCUT2D eigenvalue weighted by molar-refractivity contribution is -0.137. The highest BCUT2D eigenvalue weighted by molar-refractivity contribution is 5.96. The number of aromatic nitrogens is 1. The maximum atomic E-state index is 13.9. The van der Waals surface area contributed by atoms with Gasteiger partial charge in [0.05, 0.1) is 11.1 Å². The van der Waals surface area contributed by atoms with Crippen molar-refractivity contribution in [2.75, 3.05) is 18.9 Å². The number of pyridine rings is 1. The first-order chi connectivity index (χ1) is 15.8. The lowest BCUT2D eigenvalue weighted by Gasteiger charge is -2.23. The first kappa shape index (κ1) is 22.8. The molecule has 3 N–H and O–H groups in total. The molecule has 0 atom stereocenters. The molecule has 8 heteroatoms. The Morgan fingerprint density at radius 1 is 1.09 bits per heavy atom. The second kappa shape index (κ2) is 9.62. The Morgan fingerprint density at radius 2 is 1.82 bits per heavy atom. The number of carbonyl (C=O) groups excluding carboxylic acids is 1. The minimum atomic E-state index is -4.71. The van der Waals surface area contributed by atoms with Crippen LogP contribution in [-0.2, 0) is 17.5 Å². The molecule has 1 amide bonds. The molecule has 3 aromatic rings. The zero-order valence-corrected chi connectivity index (χ0v) is 17.9. The maximum absolute atomic E-state index is 13.9. The maximum Gasteiger partial charge on any atom is 0.417 e. The van der Waals surface area contributed by atoms with E-state index in [0.717, 1.165) is 30.0 Å². The summed E-state index contributed by atoms with van der Waals surface area (Å²) in [5.74, 6) is -0.435. The second-order valence-electron chi connectivity index (χ2n) is 8.01. The second-order valence-corrected chi connectivity index (χ2v) is 8.01. The summed E-state index contributed by atoms with van der Waals surface area (Å²) in [6.07, 6.45) is -1.40. The fraction of sp³-hybridized carbons (Fsp3) is 0.280. The molecular weight excluding hydrogens is 431 g/mol. The third-order valence-corrected chi connectivity index (χ3v) is 5.81. The molecule has 1 fully saturated rings. The Labute approximate surface area is 189 Å². The number of nitrogens with one attached hydrogen (secondary N) is 1. The van der Waals surface area contributed by atoms with Crippen LogP contribution >= 0.6 is 0 Å². The van der Waals surface area contributed by atoms with Crippen molar-refractivity contribution in [1.29, 1.82) is 0 Å². The number of hydrogen-bond acceptors (Lipinski definition) is 4. The van der Waals surface area contributed by atoms with E-state index in [1.165, 1.54) is 12.1 Å². The van der Waals surface area contributed by atoms with Gasteiger partial charge in [0.15, 0.2) is 0 Å². The molecular formula is C25H24F3N3O2. The molecule has 0 bridgehead atoms. The minimum Gasteiger partial charge on any atom is -0.383 e. The van der Waals surface area contributed by atoms with Gasteiger partial charge in [-0.25, -0.2) is 4.98 Å². The molecule has 0 saturated carbocycles. The number of benzene rings is 2. The van der Waals surface area contributed by atoms with Gasteiger partial charge >= 0.3 is 6.18 Å². The average Bonchev–Trinajstić information content (AvgIpc) is 2.83. The van der Waals surface area contributed by atoms with Gasteiger partial charge in [0.1, 0.15) is 5.82 Å². The predicted octanol–water partition coefficient (Wildman–Crippen LogP) is 5.17. The SMILES string of the molecule is Nc1ncc(C2CCOCC2)cc1-c1ccc(C(=O)NCc2ccccc2)c(C(F)(F)F)c1. The van der Waals surface area contributed by atoms with E-state index in [-0.39, 0.29) is 23.8 Å². The molecule has 1 aliphatic heterocycles. The van der Waals surface area contributed by atoms with Crippen molar-refractivity contribution in [1.82, 2.24) is 10.3 Å². The number of amides is 1. The van der Waals surface area contributed by atoms with Crippen molar-refractivity contribution in [3.63, 3.8) is 0 Å². The van der Waals surface area contributed by atoms with Crippen LogP contribution in [0.25, 0.3) is 11.1 Å². The Morgan fingerprint density at radius 3 is 2.52 bits per heavy atom. The molecule has 0 unspecified atom stereocenters. The highest BCUT2D eigenvalue weighted by Crippen LogP contribution is 2.37. The number of anilines is 1. The summed E-state index contributed by atoms with van der Waals surface area (Å²) < 4.78 is 47.1. The van der Waals surface area contributed by atoms with Gasteiger partial charge in [-0.1, -0.05) is 36.4 Å². The molecule has 1 aliphatic rings. The Hall–Kier alpha value is -3.39. The topological polar surface area (TPSA) is 77.2 Å². The average molecular weight is 455 g/mol. The molecule has 0 aliphatic carbocycles. The predicted molar refractivity (Wildman–Crippen MR) is 119 cm³/mol. The van der Waals surface area contributed by atoms with Gasteiger partial charge in [0.2, 0.25) is 0 Å². The number of alkyl halides is 3. The summed E-state index contributed by atoms with van der Waals surface area (Å²) in [4.78, 5) is 16.8. The van der Waals surface area contributed by atoms with Gasteiger partial charge in [0.25, 0.3) is 5.91 Å². The number of halogens is 3. The van der Waals surface area contributed by atoms with Crippen molar-refractivity contribution in [2.24, 2.45) is 0 Å². The summed E-state index contributed by atoms with van der Waals surface area (Å²) in [6.45, 7) is 1.40. The van der Waals surface area contributed by atoms with Crippen molar-refractivity contribution in [3.8, 4) is 11.1 Å². The summed E-state index contributed by atoms with van der Waals surface area (Å²) in [6, 6.07) is 14.4. The van der Waals surface area contributed by atoms with Crippen LogP contribution in [0.3, 0.4) is 0 Å². The minimum absolute atomic E-state index is 0.128. The molecule has 2 aromatic carbocycles. The molecule has 4 rings (SSSR count). The summed E-state index contributed by atoms with van der Waals surface area (Å²) >= 11 is 0. The number of carbonyl (C=O) groups is 1. The van der Waals surface area contributed by atoms with Crippen LogP contribution in [0.2, 0.25) is 0 Å². The largest absolute Gasteiger partial charge is 0.417 e. The molecule has 1 aromatic heterocycles. The van der Waals surface area contributed by atoms with Crippen molar-refractivity contribution in [2.45, 2.75) is 31.5 Å². The van der Waals surface area contributed by atoms with E-state index in [1.807, 2.05) is 6.07 Å². The van der Waals surface area contributed by atoms with Crippen molar-refractivity contribution in [3.05, 3.63) is 83.0 Å². The summed E-state index contributed by atoms with van der Waals surface area (Å²) in [5, 5.41) is 2.56. The first-order valence-corrected chi connectivity index (χ1v) is 10.7. The van der Waals surface area contributed by atoms with Crippen LogP contribution in [0.15, 0.2) is 60.8 Å². The molecule has 172 valence electrons. The van der Waals surface area contributed by atoms with Gasteiger partial charge < -0.3 is 15.8 Å². The van der Waals surface area contributed by atoms with Crippen LogP contribution in [0.5, 0.6) is 0 Å². The van der Waals surface area contributed by atoms with E-state index < -0.39 is 23.2 Å². The highest BCUT2D eigenvalue weighted by Gasteiger charge is 2.35. The lowest BCUT2D eigenvalue weighted by atomic mass is 9.90. The van der Waals surface area contributed by atoms with Crippen LogP contribution in [-0.4, -0.2) is 24.1 Å². The Kier molecular flexibility index (Phi) is 6.65. The fourth-order valence-corrected chi connectivity index (χ4v) is 3.99. The molecule has 2 heterocycles. The number of nitrogen functional groups attached to an aromatic ring is 1. The Balaban J connectivity index is 1.65. The number of nitrogens with zero attached hydrogens (tertiary/aromatic N) is 1. The van der Waals surface area contributed by atoms with E-state index in [2.05, 4.69) is 10.3 Å². The van der Waals surface area contributed by atoms with E-state index in [9.17, 15) is 18.0 Å². The summed E-state index contributed by atoms with van der Waals surface area (Å²) in [5.41, 5.74) is 6.97. The van der Waals surface area contributed by atoms with Crippen LogP contribution < -0.4 is 11.1 Å². The quantitative estimate of drug-likeness (QED) is 0.556. The molecule has 5 nitrogen and oxygen atoms in total. The van der Waals surface area contributed by atoms with Gasteiger partial charge in [-0.05, 0) is 53.6 Å². The molecule has 0 radical (unpaired) electrons. The van der Waals surface area contributed by atoms with E-state index in [0.29, 0.717) is 18.8 Å². The monoisotopic (exact) mass is 455 g/mol. The molecule has 33 heavy (non-hydrogen) atoms. The van der Waals surface area contributed by atoms with Crippen LogP contribution in [0, 0.1) is 0 Å². The highest BCUT2D eigenvalue weighted by atomic mass is 19.4. The normalized spacial score (nSPS) is 14.8. The third kappa shape index (κ3) is 5.34. The van der Waals surface area contributed by atoms with Crippen molar-refractivity contribution < 1.29 is 22.7 Å². The van der Waals surface area contributed by atoms with E-state index in [1.54, 1.807) is 36.5 Å². The van der Waals surface area contributed by atoms with Gasteiger partial charge in [0, 0.05) is 31.5 Å². The van der Waals surface area contributed by atoms with Crippen LogP contribution in [0.1, 0.15) is 45.8 Å². The third-order valence-electron chi connectivity index (χ3n) is 5.81. The fourth-order valence-electron chi connectivity index (χ4n) is 3.99. The van der Waals surface area contributed by atoms with Gasteiger partial charge in [-0.3, -0.25) is 4.79 Å². The number of hydrogen-bond donors (Lipinski definition) is 2. The number of rotatable bonds is 5. The van der Waals surface area contributed by atoms with Gasteiger partial charge in [-0.15, -0.1) is 0 Å². The molecule has 0 spiro atoms. The zero-order chi connectivity index (χ0) is 23.4. The first-order valence-electron chi connectivity index (χ1n) is 10.7. The van der Waals surface area contributed by atoms with E-state index in [4.69, 9.17) is 10.5 Å². The Bertz CT molecular complexity index is 1130. The summed E-state index contributed by atoms with van der Waals surface area (Å²) in [7, 11) is 0. The van der Waals surface area contributed by atoms with Crippen molar-refractivity contribution >= 4 is 11.7 Å². The van der Waals surface area contributed by atoms with Gasteiger partial charge in [-0.2, -0.15) is 13.2 Å². The van der Waals surface area contributed by atoms with E-state index >= 15 is 0 Å². The molecule has 1 saturated heterocycles.